The van der Waals surface area contributed by atoms with Crippen LogP contribution in [0, 0.1) is 5.92 Å². The summed E-state index contributed by atoms with van der Waals surface area (Å²) >= 11 is 3.53. The number of hydrogen-bond acceptors (Lipinski definition) is 3. The molecule has 1 aromatic rings. The van der Waals surface area contributed by atoms with E-state index in [0.29, 0.717) is 19.1 Å². The minimum Gasteiger partial charge on any atom is -0.490 e. The zero-order chi connectivity index (χ0) is 14.3. The van der Waals surface area contributed by atoms with Crippen LogP contribution in [0.2, 0.25) is 0 Å². The first-order valence-corrected chi connectivity index (χ1v) is 7.54. The topological polar surface area (TPSA) is 44.5 Å². The van der Waals surface area contributed by atoms with Gasteiger partial charge in [0.15, 0.2) is 0 Å². The number of halogens is 1. The molecule has 4 heteroatoms. The third-order valence-corrected chi connectivity index (χ3v) is 3.90. The first-order chi connectivity index (χ1) is 9.08. The molecule has 1 rings (SSSR count). The molecule has 2 N–H and O–H groups in total. The highest BCUT2D eigenvalue weighted by Crippen LogP contribution is 2.30. The van der Waals surface area contributed by atoms with E-state index < -0.39 is 0 Å². The molecule has 0 aliphatic heterocycles. The summed E-state index contributed by atoms with van der Waals surface area (Å²) in [7, 11) is 1.66. The van der Waals surface area contributed by atoms with Crippen LogP contribution in [-0.4, -0.2) is 20.3 Å². The largest absolute Gasteiger partial charge is 0.490 e. The lowest BCUT2D eigenvalue weighted by atomic mass is 9.95. The molecule has 0 spiro atoms. The van der Waals surface area contributed by atoms with Gasteiger partial charge in [-0.15, -0.1) is 0 Å². The molecule has 108 valence electrons. The average molecular weight is 330 g/mol. The Morgan fingerprint density at radius 2 is 2.05 bits per heavy atom. The minimum atomic E-state index is 0.0827. The molecule has 0 aliphatic carbocycles. The Kier molecular flexibility index (Phi) is 7.42. The first-order valence-electron chi connectivity index (χ1n) is 6.75. The lowest BCUT2D eigenvalue weighted by Gasteiger charge is -2.17. The van der Waals surface area contributed by atoms with Gasteiger partial charge in [-0.05, 0) is 46.0 Å². The van der Waals surface area contributed by atoms with E-state index in [2.05, 4.69) is 35.8 Å². The van der Waals surface area contributed by atoms with Gasteiger partial charge in [0.2, 0.25) is 0 Å². The highest BCUT2D eigenvalue weighted by Gasteiger charge is 2.12. The summed E-state index contributed by atoms with van der Waals surface area (Å²) in [6.07, 6.45) is 2.17. The van der Waals surface area contributed by atoms with E-state index in [9.17, 15) is 0 Å². The van der Waals surface area contributed by atoms with Gasteiger partial charge >= 0.3 is 0 Å². The fraction of sp³-hybridized carbons (Fsp3) is 0.600. The van der Waals surface area contributed by atoms with Crippen molar-refractivity contribution in [2.24, 2.45) is 11.7 Å². The van der Waals surface area contributed by atoms with E-state index in [1.54, 1.807) is 7.11 Å². The highest BCUT2D eigenvalue weighted by molar-refractivity contribution is 9.10. The summed E-state index contributed by atoms with van der Waals surface area (Å²) in [5, 5.41) is 0. The van der Waals surface area contributed by atoms with Crippen LogP contribution in [0.15, 0.2) is 22.7 Å². The number of benzene rings is 1. The monoisotopic (exact) mass is 329 g/mol. The van der Waals surface area contributed by atoms with Gasteiger partial charge in [0, 0.05) is 13.2 Å². The maximum atomic E-state index is 6.23. The third-order valence-electron chi connectivity index (χ3n) is 3.28. The SMILES string of the molecule is CCC(C)CC(N)c1ccc(OCCOC)c(Br)c1. The standard InChI is InChI=1S/C15H24BrNO2/c1-4-11(2)9-14(17)12-5-6-15(13(16)10-12)19-8-7-18-3/h5-6,10-11,14H,4,7-9,17H2,1-3H3. The second kappa shape index (κ2) is 8.56. The second-order valence-electron chi connectivity index (χ2n) is 4.89. The van der Waals surface area contributed by atoms with Crippen LogP contribution in [0.5, 0.6) is 5.75 Å². The van der Waals surface area contributed by atoms with Crippen molar-refractivity contribution in [3.05, 3.63) is 28.2 Å². The molecule has 1 aromatic carbocycles. The van der Waals surface area contributed by atoms with Gasteiger partial charge in [-0.2, -0.15) is 0 Å². The van der Waals surface area contributed by atoms with Crippen LogP contribution in [0.3, 0.4) is 0 Å². The summed E-state index contributed by atoms with van der Waals surface area (Å²) in [6, 6.07) is 6.14. The predicted molar refractivity (Wildman–Crippen MR) is 82.5 cm³/mol. The number of rotatable bonds is 8. The smallest absolute Gasteiger partial charge is 0.133 e. The van der Waals surface area contributed by atoms with Crippen LogP contribution >= 0.6 is 15.9 Å². The van der Waals surface area contributed by atoms with E-state index in [0.717, 1.165) is 28.6 Å². The number of methoxy groups -OCH3 is 1. The molecule has 0 fully saturated rings. The van der Waals surface area contributed by atoms with Gasteiger partial charge in [0.05, 0.1) is 11.1 Å². The normalized spacial score (nSPS) is 14.2. The molecule has 19 heavy (non-hydrogen) atoms. The molecule has 2 atom stereocenters. The second-order valence-corrected chi connectivity index (χ2v) is 5.74. The Morgan fingerprint density at radius 3 is 2.63 bits per heavy atom. The Labute approximate surface area is 124 Å². The lowest BCUT2D eigenvalue weighted by Crippen LogP contribution is -2.14. The summed E-state index contributed by atoms with van der Waals surface area (Å²) in [5.74, 6) is 1.47. The third kappa shape index (κ3) is 5.51. The quantitative estimate of drug-likeness (QED) is 0.735. The average Bonchev–Trinajstić information content (AvgIpc) is 2.40. The Bertz CT molecular complexity index is 384. The van der Waals surface area contributed by atoms with E-state index >= 15 is 0 Å². The Hall–Kier alpha value is -0.580. The molecule has 0 radical (unpaired) electrons. The van der Waals surface area contributed by atoms with E-state index in [4.69, 9.17) is 15.2 Å². The molecule has 0 saturated carbocycles. The van der Waals surface area contributed by atoms with Crippen molar-refractivity contribution in [1.82, 2.24) is 0 Å². The minimum absolute atomic E-state index is 0.0827. The van der Waals surface area contributed by atoms with Crippen LogP contribution in [0.1, 0.15) is 38.3 Å². The zero-order valence-corrected chi connectivity index (χ0v) is 13.6. The van der Waals surface area contributed by atoms with Crippen LogP contribution in [0.4, 0.5) is 0 Å². The van der Waals surface area contributed by atoms with Crippen molar-refractivity contribution in [3.8, 4) is 5.75 Å². The number of hydrogen-bond donors (Lipinski definition) is 1. The number of nitrogens with two attached hydrogens (primary N) is 1. The van der Waals surface area contributed by atoms with Gasteiger partial charge in [-0.3, -0.25) is 0 Å². The molecular weight excluding hydrogens is 306 g/mol. The van der Waals surface area contributed by atoms with Crippen LogP contribution in [0.25, 0.3) is 0 Å². The molecule has 2 unspecified atom stereocenters. The van der Waals surface area contributed by atoms with Crippen molar-refractivity contribution >= 4 is 15.9 Å². The van der Waals surface area contributed by atoms with Crippen LogP contribution < -0.4 is 10.5 Å². The Balaban J connectivity index is 2.64. The zero-order valence-electron chi connectivity index (χ0n) is 12.0. The van der Waals surface area contributed by atoms with E-state index in [1.165, 1.54) is 0 Å². The van der Waals surface area contributed by atoms with Crippen molar-refractivity contribution < 1.29 is 9.47 Å². The van der Waals surface area contributed by atoms with Crippen LogP contribution in [-0.2, 0) is 4.74 Å². The summed E-state index contributed by atoms with van der Waals surface area (Å²) < 4.78 is 11.5. The van der Waals surface area contributed by atoms with Gasteiger partial charge in [0.25, 0.3) is 0 Å². The summed E-state index contributed by atoms with van der Waals surface area (Å²) in [6.45, 7) is 5.56. The molecule has 0 aromatic heterocycles. The van der Waals surface area contributed by atoms with Crippen molar-refractivity contribution in [2.75, 3.05) is 20.3 Å². The van der Waals surface area contributed by atoms with E-state index in [-0.39, 0.29) is 6.04 Å². The maximum Gasteiger partial charge on any atom is 0.133 e. The predicted octanol–water partition coefficient (Wildman–Crippen LogP) is 3.91. The van der Waals surface area contributed by atoms with Gasteiger partial charge < -0.3 is 15.2 Å². The summed E-state index contributed by atoms with van der Waals surface area (Å²) in [4.78, 5) is 0. The van der Waals surface area contributed by atoms with Crippen molar-refractivity contribution in [3.63, 3.8) is 0 Å². The fourth-order valence-corrected chi connectivity index (χ4v) is 2.35. The first kappa shape index (κ1) is 16.5. The van der Waals surface area contributed by atoms with Crippen molar-refractivity contribution in [2.45, 2.75) is 32.7 Å². The molecule has 3 nitrogen and oxygen atoms in total. The fourth-order valence-electron chi connectivity index (χ4n) is 1.84. The molecule has 0 heterocycles. The summed E-state index contributed by atoms with van der Waals surface area (Å²) in [5.41, 5.74) is 7.38. The molecule has 0 saturated heterocycles. The number of ether oxygens (including phenoxy) is 2. The molecule has 0 bridgehead atoms. The molecular formula is C15H24BrNO2. The maximum absolute atomic E-state index is 6.23. The van der Waals surface area contributed by atoms with E-state index in [1.807, 2.05) is 12.1 Å². The molecule has 0 amide bonds. The van der Waals surface area contributed by atoms with Crippen molar-refractivity contribution in [1.29, 1.82) is 0 Å². The van der Waals surface area contributed by atoms with Gasteiger partial charge in [-0.1, -0.05) is 26.3 Å². The molecule has 0 aliphatic rings. The van der Waals surface area contributed by atoms with Gasteiger partial charge in [0.1, 0.15) is 12.4 Å². The van der Waals surface area contributed by atoms with Gasteiger partial charge in [-0.25, -0.2) is 0 Å². The lowest BCUT2D eigenvalue weighted by molar-refractivity contribution is 0.146. The Morgan fingerprint density at radius 1 is 1.32 bits per heavy atom. The highest BCUT2D eigenvalue weighted by atomic mass is 79.9.